The summed E-state index contributed by atoms with van der Waals surface area (Å²) >= 11 is 0. The maximum absolute atomic E-state index is 13.0. The Balaban J connectivity index is 1.55. The van der Waals surface area contributed by atoms with Crippen molar-refractivity contribution in [2.75, 3.05) is 40.3 Å². The van der Waals surface area contributed by atoms with Crippen molar-refractivity contribution >= 4 is 5.91 Å². The van der Waals surface area contributed by atoms with Crippen molar-refractivity contribution in [2.24, 2.45) is 5.92 Å². The van der Waals surface area contributed by atoms with Gasteiger partial charge >= 0.3 is 0 Å². The smallest absolute Gasteiger partial charge is 0.227 e. The number of aromatic nitrogens is 3. The number of hydrogen-bond acceptors (Lipinski definition) is 5. The van der Waals surface area contributed by atoms with Gasteiger partial charge in [0.25, 0.3) is 0 Å². The van der Waals surface area contributed by atoms with E-state index in [9.17, 15) is 4.79 Å². The van der Waals surface area contributed by atoms with E-state index in [1.807, 2.05) is 11.9 Å². The molecule has 2 aliphatic rings. The number of likely N-dealkylation sites (tertiary alicyclic amines) is 2. The molecule has 7 nitrogen and oxygen atoms in total. The third kappa shape index (κ3) is 4.62. The van der Waals surface area contributed by atoms with Crippen molar-refractivity contribution in [3.63, 3.8) is 0 Å². The fraction of sp³-hybridized carbons (Fsp3) is 0.842. The summed E-state index contributed by atoms with van der Waals surface area (Å²) in [6, 6.07) is 0.653. The summed E-state index contributed by atoms with van der Waals surface area (Å²) in [6.07, 6.45) is 7.40. The number of carbonyl (C=O) groups excluding carboxylic acids is 1. The average molecular weight is 363 g/mol. The first-order valence-electron chi connectivity index (χ1n) is 10.1. The van der Waals surface area contributed by atoms with Gasteiger partial charge in [0.15, 0.2) is 5.82 Å². The van der Waals surface area contributed by atoms with Crippen molar-refractivity contribution in [1.82, 2.24) is 29.5 Å². The van der Waals surface area contributed by atoms with Crippen LogP contribution in [-0.4, -0.2) is 81.7 Å². The first kappa shape index (κ1) is 19.3. The number of aryl methyl sites for hydroxylation is 1. The van der Waals surface area contributed by atoms with Crippen molar-refractivity contribution < 1.29 is 4.79 Å². The van der Waals surface area contributed by atoms with E-state index in [4.69, 9.17) is 0 Å². The summed E-state index contributed by atoms with van der Waals surface area (Å²) in [7, 11) is 4.10. The summed E-state index contributed by atoms with van der Waals surface area (Å²) < 4.78 is 2.05. The van der Waals surface area contributed by atoms with Gasteiger partial charge in [0, 0.05) is 26.2 Å². The number of piperidine rings is 2. The van der Waals surface area contributed by atoms with Crippen LogP contribution in [0.25, 0.3) is 0 Å². The monoisotopic (exact) mass is 362 g/mol. The largest absolute Gasteiger partial charge is 0.338 e. The van der Waals surface area contributed by atoms with Crippen LogP contribution in [0.5, 0.6) is 0 Å². The third-order valence-corrected chi connectivity index (χ3v) is 5.92. The lowest BCUT2D eigenvalue weighted by Crippen LogP contribution is -2.50. The van der Waals surface area contributed by atoms with Gasteiger partial charge in [-0.05, 0) is 58.8 Å². The predicted molar refractivity (Wildman–Crippen MR) is 102 cm³/mol. The second-order valence-electron chi connectivity index (χ2n) is 8.00. The third-order valence-electron chi connectivity index (χ3n) is 5.92. The van der Waals surface area contributed by atoms with Gasteiger partial charge in [0.2, 0.25) is 5.91 Å². The van der Waals surface area contributed by atoms with Gasteiger partial charge in [-0.25, -0.2) is 0 Å². The number of hydrogen-bond donors (Lipinski definition) is 0. The van der Waals surface area contributed by atoms with Crippen molar-refractivity contribution in [1.29, 1.82) is 0 Å². The minimum atomic E-state index is 0.121. The highest BCUT2D eigenvalue weighted by molar-refractivity contribution is 5.78. The Morgan fingerprint density at radius 3 is 2.77 bits per heavy atom. The molecule has 2 fully saturated rings. The number of amides is 1. The minimum Gasteiger partial charge on any atom is -0.338 e. The van der Waals surface area contributed by atoms with Crippen LogP contribution in [0.3, 0.4) is 0 Å². The first-order valence-corrected chi connectivity index (χ1v) is 10.1. The van der Waals surface area contributed by atoms with E-state index in [0.717, 1.165) is 44.7 Å². The molecule has 1 atom stereocenters. The molecule has 7 heteroatoms. The van der Waals surface area contributed by atoms with Crippen LogP contribution >= 0.6 is 0 Å². The van der Waals surface area contributed by atoms with E-state index in [1.54, 1.807) is 6.33 Å². The Hall–Kier alpha value is -1.47. The zero-order valence-corrected chi connectivity index (χ0v) is 16.6. The standard InChI is InChI=1S/C19H34N6O/c1-4-9-25-15-20-21-18(25)14-23(3)19(26)16-6-5-10-24(13-16)17-7-11-22(2)12-8-17/h15-17H,4-14H2,1-3H3/t16-/m1/s1. The SMILES string of the molecule is CCCn1cnnc1CN(C)C(=O)[C@@H]1CCCN(C2CCN(C)CC2)C1. The molecule has 146 valence electrons. The Kier molecular flexibility index (Phi) is 6.64. The molecule has 0 spiro atoms. The Morgan fingerprint density at radius 1 is 1.27 bits per heavy atom. The van der Waals surface area contributed by atoms with E-state index in [-0.39, 0.29) is 11.8 Å². The summed E-state index contributed by atoms with van der Waals surface area (Å²) in [5.74, 6) is 1.26. The quantitative estimate of drug-likeness (QED) is 0.767. The molecule has 0 N–H and O–H groups in total. The fourth-order valence-electron chi connectivity index (χ4n) is 4.33. The van der Waals surface area contributed by atoms with Crippen LogP contribution in [0.4, 0.5) is 0 Å². The van der Waals surface area contributed by atoms with E-state index in [0.29, 0.717) is 12.6 Å². The Bertz CT molecular complexity index is 580. The molecule has 2 saturated heterocycles. The highest BCUT2D eigenvalue weighted by Crippen LogP contribution is 2.25. The first-order chi connectivity index (χ1) is 12.6. The van der Waals surface area contributed by atoms with E-state index >= 15 is 0 Å². The maximum atomic E-state index is 13.0. The number of carbonyl (C=O) groups is 1. The Morgan fingerprint density at radius 2 is 2.04 bits per heavy atom. The van der Waals surface area contributed by atoms with Crippen molar-refractivity contribution in [2.45, 2.75) is 58.2 Å². The second kappa shape index (κ2) is 8.95. The topological polar surface area (TPSA) is 57.5 Å². The van der Waals surface area contributed by atoms with Gasteiger partial charge in [-0.15, -0.1) is 10.2 Å². The molecule has 26 heavy (non-hydrogen) atoms. The molecular formula is C19H34N6O. The van der Waals surface area contributed by atoms with Gasteiger partial charge in [0.05, 0.1) is 12.5 Å². The molecule has 1 aromatic heterocycles. The van der Waals surface area contributed by atoms with Gasteiger partial charge in [-0.3, -0.25) is 9.69 Å². The predicted octanol–water partition coefficient (Wildman–Crippen LogP) is 1.45. The molecule has 3 rings (SSSR count). The summed E-state index contributed by atoms with van der Waals surface area (Å²) in [5.41, 5.74) is 0. The molecule has 2 aliphatic heterocycles. The highest BCUT2D eigenvalue weighted by atomic mass is 16.2. The molecule has 3 heterocycles. The number of rotatable bonds is 6. The molecule has 0 unspecified atom stereocenters. The van der Waals surface area contributed by atoms with Crippen molar-refractivity contribution in [3.8, 4) is 0 Å². The lowest BCUT2D eigenvalue weighted by Gasteiger charge is -2.41. The highest BCUT2D eigenvalue weighted by Gasteiger charge is 2.32. The summed E-state index contributed by atoms with van der Waals surface area (Å²) in [5, 5.41) is 8.21. The van der Waals surface area contributed by atoms with Gasteiger partial charge in [-0.1, -0.05) is 6.92 Å². The molecular weight excluding hydrogens is 328 g/mol. The van der Waals surface area contributed by atoms with Gasteiger partial charge in [-0.2, -0.15) is 0 Å². The molecule has 0 saturated carbocycles. The fourth-order valence-corrected chi connectivity index (χ4v) is 4.33. The van der Waals surface area contributed by atoms with Crippen LogP contribution in [0.15, 0.2) is 6.33 Å². The van der Waals surface area contributed by atoms with E-state index in [2.05, 4.69) is 38.5 Å². The molecule has 1 aromatic rings. The zero-order chi connectivity index (χ0) is 18.5. The average Bonchev–Trinajstić information content (AvgIpc) is 3.09. The van der Waals surface area contributed by atoms with Crippen LogP contribution in [0, 0.1) is 5.92 Å². The summed E-state index contributed by atoms with van der Waals surface area (Å²) in [6.45, 7) is 7.99. The normalized spacial score (nSPS) is 23.3. The van der Waals surface area contributed by atoms with Gasteiger partial charge in [0.1, 0.15) is 6.33 Å². The van der Waals surface area contributed by atoms with Crippen LogP contribution in [0.1, 0.15) is 44.9 Å². The number of nitrogens with zero attached hydrogens (tertiary/aromatic N) is 6. The maximum Gasteiger partial charge on any atom is 0.227 e. The lowest BCUT2D eigenvalue weighted by molar-refractivity contribution is -0.137. The molecule has 0 aromatic carbocycles. The van der Waals surface area contributed by atoms with Crippen LogP contribution in [0.2, 0.25) is 0 Å². The molecule has 0 bridgehead atoms. The second-order valence-corrected chi connectivity index (χ2v) is 8.00. The van der Waals surface area contributed by atoms with Crippen LogP contribution in [-0.2, 0) is 17.9 Å². The molecule has 0 aliphatic carbocycles. The molecule has 1 amide bonds. The van der Waals surface area contributed by atoms with Crippen molar-refractivity contribution in [3.05, 3.63) is 12.2 Å². The zero-order valence-electron chi connectivity index (χ0n) is 16.6. The lowest BCUT2D eigenvalue weighted by atomic mass is 9.93. The Labute approximate surface area is 157 Å². The van der Waals surface area contributed by atoms with Gasteiger partial charge < -0.3 is 14.4 Å². The molecule has 0 radical (unpaired) electrons. The van der Waals surface area contributed by atoms with E-state index < -0.39 is 0 Å². The summed E-state index contributed by atoms with van der Waals surface area (Å²) in [4.78, 5) is 19.8. The van der Waals surface area contributed by atoms with E-state index in [1.165, 1.54) is 25.9 Å². The van der Waals surface area contributed by atoms with Crippen LogP contribution < -0.4 is 0 Å². The minimum absolute atomic E-state index is 0.121.